The minimum absolute atomic E-state index is 0.502. The number of piperidine rings is 2. The van der Waals surface area contributed by atoms with Gasteiger partial charge in [0.1, 0.15) is 5.78 Å². The normalized spacial score (nSPS) is 33.1. The molecule has 2 heteroatoms. The van der Waals surface area contributed by atoms with Gasteiger partial charge in [0.25, 0.3) is 0 Å². The lowest BCUT2D eigenvalue weighted by atomic mass is 9.82. The molecule has 0 aromatic carbocycles. The first-order chi connectivity index (χ1) is 7.58. The summed E-state index contributed by atoms with van der Waals surface area (Å²) in [4.78, 5) is 14.3. The minimum Gasteiger partial charge on any atom is -0.300 e. The van der Waals surface area contributed by atoms with Crippen LogP contribution in [0.25, 0.3) is 0 Å². The fraction of sp³-hybridized carbons (Fsp3) is 0.929. The Balaban J connectivity index is 2.05. The molecule has 3 unspecified atom stereocenters. The molecule has 0 saturated carbocycles. The van der Waals surface area contributed by atoms with Gasteiger partial charge < -0.3 is 0 Å². The molecule has 2 nitrogen and oxygen atoms in total. The van der Waals surface area contributed by atoms with E-state index in [9.17, 15) is 4.79 Å². The van der Waals surface area contributed by atoms with Gasteiger partial charge in [0.15, 0.2) is 0 Å². The number of carbonyl (C=O) groups excluding carboxylic acids is 1. The first-order valence-electron chi connectivity index (χ1n) is 6.87. The van der Waals surface area contributed by atoms with Gasteiger partial charge in [-0.25, -0.2) is 0 Å². The molecule has 2 bridgehead atoms. The molecule has 0 N–H and O–H groups in total. The summed E-state index contributed by atoms with van der Waals surface area (Å²) in [5.74, 6) is 1.26. The zero-order chi connectivity index (χ0) is 11.7. The molecule has 2 rings (SSSR count). The van der Waals surface area contributed by atoms with Crippen molar-refractivity contribution in [1.29, 1.82) is 0 Å². The van der Waals surface area contributed by atoms with Crippen LogP contribution in [0.2, 0.25) is 0 Å². The molecule has 2 fully saturated rings. The van der Waals surface area contributed by atoms with E-state index in [1.807, 2.05) is 0 Å². The molecular weight excluding hydrogens is 198 g/mol. The van der Waals surface area contributed by atoms with Crippen LogP contribution in [0, 0.1) is 5.92 Å². The maximum Gasteiger partial charge on any atom is 0.136 e. The Hall–Kier alpha value is -0.370. The predicted octanol–water partition coefficient (Wildman–Crippen LogP) is 3.01. The van der Waals surface area contributed by atoms with Gasteiger partial charge in [-0.2, -0.15) is 0 Å². The molecule has 0 aromatic rings. The van der Waals surface area contributed by atoms with Crippen LogP contribution in [0.15, 0.2) is 0 Å². The fourth-order valence-corrected chi connectivity index (χ4v) is 3.73. The lowest BCUT2D eigenvalue weighted by Crippen LogP contribution is -2.56. The van der Waals surface area contributed by atoms with Crippen molar-refractivity contribution in [3.8, 4) is 0 Å². The highest BCUT2D eigenvalue weighted by molar-refractivity contribution is 5.80. The number of hydrogen-bond donors (Lipinski definition) is 0. The number of nitrogens with zero attached hydrogens (tertiary/aromatic N) is 1. The van der Waals surface area contributed by atoms with E-state index in [4.69, 9.17) is 0 Å². The van der Waals surface area contributed by atoms with Crippen LogP contribution in [-0.2, 0) is 4.79 Å². The van der Waals surface area contributed by atoms with Crippen LogP contribution < -0.4 is 0 Å². The van der Waals surface area contributed by atoms with Gasteiger partial charge in [0.2, 0.25) is 0 Å². The summed E-state index contributed by atoms with van der Waals surface area (Å²) >= 11 is 0. The van der Waals surface area contributed by atoms with E-state index >= 15 is 0 Å². The average molecular weight is 223 g/mol. The maximum absolute atomic E-state index is 11.6. The Kier molecular flexibility index (Phi) is 3.68. The third-order valence-corrected chi connectivity index (χ3v) is 4.17. The van der Waals surface area contributed by atoms with Gasteiger partial charge in [-0.1, -0.05) is 20.3 Å². The van der Waals surface area contributed by atoms with Gasteiger partial charge in [-0.05, 0) is 32.1 Å². The monoisotopic (exact) mass is 223 g/mol. The van der Waals surface area contributed by atoms with Crippen molar-refractivity contribution in [3.63, 3.8) is 0 Å². The fourth-order valence-electron chi connectivity index (χ4n) is 3.73. The van der Waals surface area contributed by atoms with E-state index in [1.165, 1.54) is 25.7 Å². The second kappa shape index (κ2) is 4.87. The van der Waals surface area contributed by atoms with Crippen LogP contribution in [-0.4, -0.2) is 28.8 Å². The summed E-state index contributed by atoms with van der Waals surface area (Å²) in [6, 6.07) is 1.78. The molecule has 2 aliphatic heterocycles. The second-order valence-corrected chi connectivity index (χ2v) is 6.11. The number of Topliss-reactive ketones (excluding diaryl/α,β-unsaturated/α-hetero) is 1. The smallest absolute Gasteiger partial charge is 0.136 e. The van der Waals surface area contributed by atoms with Gasteiger partial charge >= 0.3 is 0 Å². The Bertz CT molecular complexity index is 245. The molecule has 0 amide bonds. The summed E-state index contributed by atoms with van der Waals surface area (Å²) in [7, 11) is 0. The number of carbonyl (C=O) groups is 1. The van der Waals surface area contributed by atoms with Crippen LogP contribution >= 0.6 is 0 Å². The molecule has 2 heterocycles. The lowest BCUT2D eigenvalue weighted by Gasteiger charge is -2.49. The van der Waals surface area contributed by atoms with Crippen LogP contribution in [0.4, 0.5) is 0 Å². The SMILES string of the molecule is CC(C)CC(C)N1C2CCCC1CC(=O)C2. The van der Waals surface area contributed by atoms with E-state index < -0.39 is 0 Å². The summed E-state index contributed by atoms with van der Waals surface area (Å²) in [6.07, 6.45) is 6.71. The highest BCUT2D eigenvalue weighted by Crippen LogP contribution is 2.35. The van der Waals surface area contributed by atoms with E-state index in [-0.39, 0.29) is 0 Å². The summed E-state index contributed by atoms with van der Waals surface area (Å²) in [6.45, 7) is 6.93. The molecule has 0 aliphatic carbocycles. The molecule has 2 saturated heterocycles. The average Bonchev–Trinajstić information content (AvgIpc) is 2.14. The maximum atomic E-state index is 11.6. The standard InChI is InChI=1S/C14H25NO/c1-10(2)7-11(3)15-12-5-4-6-13(15)9-14(16)8-12/h10-13H,4-9H2,1-3H3. The van der Waals surface area contributed by atoms with E-state index in [2.05, 4.69) is 25.7 Å². The first kappa shape index (κ1) is 12.1. The number of hydrogen-bond acceptors (Lipinski definition) is 2. The number of ketones is 1. The highest BCUT2D eigenvalue weighted by Gasteiger charge is 2.39. The summed E-state index contributed by atoms with van der Waals surface area (Å²) < 4.78 is 0. The van der Waals surface area contributed by atoms with Crippen molar-refractivity contribution in [2.75, 3.05) is 0 Å². The molecule has 0 spiro atoms. The topological polar surface area (TPSA) is 20.3 Å². The molecule has 2 aliphatic rings. The largest absolute Gasteiger partial charge is 0.300 e. The van der Waals surface area contributed by atoms with E-state index in [0.29, 0.717) is 23.9 Å². The van der Waals surface area contributed by atoms with Gasteiger partial charge in [-0.3, -0.25) is 9.69 Å². The Morgan fingerprint density at radius 3 is 2.25 bits per heavy atom. The number of fused-ring (bicyclic) bond motifs is 2. The van der Waals surface area contributed by atoms with Gasteiger partial charge in [0, 0.05) is 31.0 Å². The van der Waals surface area contributed by atoms with Crippen LogP contribution in [0.5, 0.6) is 0 Å². The Morgan fingerprint density at radius 2 is 1.75 bits per heavy atom. The van der Waals surface area contributed by atoms with E-state index in [0.717, 1.165) is 18.8 Å². The quantitative estimate of drug-likeness (QED) is 0.733. The van der Waals surface area contributed by atoms with Crippen molar-refractivity contribution < 1.29 is 4.79 Å². The van der Waals surface area contributed by atoms with Gasteiger partial charge in [0.05, 0.1) is 0 Å². The van der Waals surface area contributed by atoms with Gasteiger partial charge in [-0.15, -0.1) is 0 Å². The predicted molar refractivity (Wildman–Crippen MR) is 66.4 cm³/mol. The first-order valence-corrected chi connectivity index (χ1v) is 6.87. The summed E-state index contributed by atoms with van der Waals surface area (Å²) in [5, 5.41) is 0. The van der Waals surface area contributed by atoms with Crippen LogP contribution in [0.1, 0.15) is 59.3 Å². The highest BCUT2D eigenvalue weighted by atomic mass is 16.1. The van der Waals surface area contributed by atoms with Crippen LogP contribution in [0.3, 0.4) is 0 Å². The zero-order valence-electron chi connectivity index (χ0n) is 10.9. The Labute approximate surface area is 99.4 Å². The third-order valence-electron chi connectivity index (χ3n) is 4.17. The minimum atomic E-state index is 0.502. The van der Waals surface area contributed by atoms with E-state index in [1.54, 1.807) is 0 Å². The molecule has 0 aromatic heterocycles. The van der Waals surface area contributed by atoms with Crippen molar-refractivity contribution in [2.45, 2.75) is 77.4 Å². The Morgan fingerprint density at radius 1 is 1.19 bits per heavy atom. The third kappa shape index (κ3) is 2.48. The second-order valence-electron chi connectivity index (χ2n) is 6.11. The van der Waals surface area contributed by atoms with Crippen molar-refractivity contribution in [1.82, 2.24) is 4.90 Å². The van der Waals surface area contributed by atoms with Crippen molar-refractivity contribution in [2.24, 2.45) is 5.92 Å². The molecule has 16 heavy (non-hydrogen) atoms. The molecule has 3 atom stereocenters. The molecule has 92 valence electrons. The summed E-state index contributed by atoms with van der Waals surface area (Å²) in [5.41, 5.74) is 0. The van der Waals surface area contributed by atoms with Crippen molar-refractivity contribution in [3.05, 3.63) is 0 Å². The number of rotatable bonds is 3. The molecule has 0 radical (unpaired) electrons. The molecular formula is C14H25NO. The lowest BCUT2D eigenvalue weighted by molar-refractivity contribution is -0.128. The zero-order valence-corrected chi connectivity index (χ0v) is 10.9. The van der Waals surface area contributed by atoms with Crippen molar-refractivity contribution >= 4 is 5.78 Å².